The Labute approximate surface area is 255 Å². The van der Waals surface area contributed by atoms with Crippen LogP contribution in [0, 0.1) is 0 Å². The van der Waals surface area contributed by atoms with E-state index in [2.05, 4.69) is 169 Å². The second-order valence-corrected chi connectivity index (χ2v) is 11.3. The van der Waals surface area contributed by atoms with E-state index >= 15 is 0 Å². The van der Waals surface area contributed by atoms with Crippen molar-refractivity contribution in [1.29, 1.82) is 0 Å². The maximum Gasteiger partial charge on any atom is 0.143 e. The molecule has 9 rings (SSSR count). The van der Waals surface area contributed by atoms with Gasteiger partial charge in [0.2, 0.25) is 0 Å². The zero-order chi connectivity index (χ0) is 29.0. The number of fused-ring (bicyclic) bond motifs is 7. The van der Waals surface area contributed by atoms with Gasteiger partial charge in [-0.05, 0) is 69.1 Å². The Balaban J connectivity index is 1.41. The Morgan fingerprint density at radius 1 is 0.386 bits per heavy atom. The second kappa shape index (κ2) is 9.86. The van der Waals surface area contributed by atoms with E-state index in [4.69, 9.17) is 4.42 Å². The van der Waals surface area contributed by atoms with E-state index in [-0.39, 0.29) is 0 Å². The summed E-state index contributed by atoms with van der Waals surface area (Å²) in [4.78, 5) is 2.38. The van der Waals surface area contributed by atoms with Crippen LogP contribution >= 0.6 is 0 Å². The zero-order valence-corrected chi connectivity index (χ0v) is 23.9. The quantitative estimate of drug-likeness (QED) is 0.212. The van der Waals surface area contributed by atoms with Crippen molar-refractivity contribution >= 4 is 71.3 Å². The molecule has 2 nitrogen and oxygen atoms in total. The molecule has 0 unspecified atom stereocenters. The van der Waals surface area contributed by atoms with Gasteiger partial charge in [0.15, 0.2) is 0 Å². The van der Waals surface area contributed by atoms with Crippen LogP contribution in [-0.4, -0.2) is 0 Å². The number of nitrogens with zero attached hydrogens (tertiary/aromatic N) is 1. The van der Waals surface area contributed by atoms with Crippen LogP contribution in [0.2, 0.25) is 0 Å². The Bertz CT molecular complexity index is 2500. The van der Waals surface area contributed by atoms with E-state index < -0.39 is 0 Å². The minimum Gasteiger partial charge on any atom is -0.455 e. The third kappa shape index (κ3) is 3.75. The van der Waals surface area contributed by atoms with Crippen molar-refractivity contribution in [2.24, 2.45) is 0 Å². The number of benzene rings is 8. The topological polar surface area (TPSA) is 16.4 Å². The fourth-order valence-corrected chi connectivity index (χ4v) is 6.89. The molecule has 0 N–H and O–H groups in total. The number of furan rings is 1. The maximum absolute atomic E-state index is 6.77. The molecule has 0 radical (unpaired) electrons. The minimum atomic E-state index is 0.874. The molecular weight excluding hydrogens is 534 g/mol. The van der Waals surface area contributed by atoms with Crippen LogP contribution in [-0.2, 0) is 0 Å². The molecule has 2 heteroatoms. The summed E-state index contributed by atoms with van der Waals surface area (Å²) >= 11 is 0. The van der Waals surface area contributed by atoms with Crippen molar-refractivity contribution in [3.63, 3.8) is 0 Å². The molecule has 1 aromatic heterocycles. The zero-order valence-electron chi connectivity index (χ0n) is 23.9. The lowest BCUT2D eigenvalue weighted by Gasteiger charge is -2.27. The first-order valence-electron chi connectivity index (χ1n) is 15.0. The van der Waals surface area contributed by atoms with Crippen molar-refractivity contribution in [3.8, 4) is 11.1 Å². The van der Waals surface area contributed by atoms with Crippen molar-refractivity contribution in [2.45, 2.75) is 0 Å². The normalized spacial score (nSPS) is 11.6. The largest absolute Gasteiger partial charge is 0.455 e. The van der Waals surface area contributed by atoms with Gasteiger partial charge < -0.3 is 9.32 Å². The van der Waals surface area contributed by atoms with Crippen molar-refractivity contribution < 1.29 is 4.42 Å². The molecule has 0 bridgehead atoms. The monoisotopic (exact) mass is 561 g/mol. The minimum absolute atomic E-state index is 0.874. The van der Waals surface area contributed by atoms with Crippen LogP contribution in [0.15, 0.2) is 168 Å². The SMILES string of the molecule is c1ccc(N(c2cccc3ccccc23)c2cccc3oc4c5ccccc5c(-c5cccc6ccccc56)cc4c23)cc1. The van der Waals surface area contributed by atoms with E-state index in [0.717, 1.165) is 44.4 Å². The second-order valence-electron chi connectivity index (χ2n) is 11.3. The number of rotatable bonds is 4. The molecule has 0 fully saturated rings. The first kappa shape index (κ1) is 24.7. The van der Waals surface area contributed by atoms with E-state index in [1.807, 2.05) is 0 Å². The summed E-state index contributed by atoms with van der Waals surface area (Å²) in [6.07, 6.45) is 0. The van der Waals surface area contributed by atoms with Crippen LogP contribution < -0.4 is 4.90 Å². The number of anilines is 3. The van der Waals surface area contributed by atoms with Gasteiger partial charge in [-0.25, -0.2) is 0 Å². The van der Waals surface area contributed by atoms with Gasteiger partial charge in [0.25, 0.3) is 0 Å². The lowest BCUT2D eigenvalue weighted by molar-refractivity contribution is 0.672. The highest BCUT2D eigenvalue weighted by Crippen LogP contribution is 2.47. The van der Waals surface area contributed by atoms with E-state index in [0.29, 0.717) is 0 Å². The number of para-hydroxylation sites is 1. The molecule has 1 heterocycles. The summed E-state index contributed by atoms with van der Waals surface area (Å²) in [6.45, 7) is 0. The molecule has 0 aliphatic heterocycles. The van der Waals surface area contributed by atoms with Crippen LogP contribution in [0.1, 0.15) is 0 Å². The van der Waals surface area contributed by atoms with Crippen LogP contribution in [0.25, 0.3) is 65.4 Å². The summed E-state index contributed by atoms with van der Waals surface area (Å²) in [6, 6.07) is 58.4. The molecule has 8 aromatic carbocycles. The molecule has 206 valence electrons. The summed E-state index contributed by atoms with van der Waals surface area (Å²) in [5.74, 6) is 0. The Hall–Kier alpha value is -5.86. The smallest absolute Gasteiger partial charge is 0.143 e. The lowest BCUT2D eigenvalue weighted by Crippen LogP contribution is -2.10. The molecule has 0 spiro atoms. The lowest BCUT2D eigenvalue weighted by atomic mass is 9.92. The predicted octanol–water partition coefficient (Wildman–Crippen LogP) is 12.2. The molecule has 9 aromatic rings. The average Bonchev–Trinajstić information content (AvgIpc) is 3.48. The van der Waals surface area contributed by atoms with Crippen LogP contribution in [0.5, 0.6) is 0 Å². The fraction of sp³-hybridized carbons (Fsp3) is 0. The molecule has 0 saturated carbocycles. The van der Waals surface area contributed by atoms with Crippen LogP contribution in [0.4, 0.5) is 17.1 Å². The first-order chi connectivity index (χ1) is 21.8. The maximum atomic E-state index is 6.77. The molecule has 44 heavy (non-hydrogen) atoms. The van der Waals surface area contributed by atoms with E-state index in [1.165, 1.54) is 38.1 Å². The Morgan fingerprint density at radius 3 is 1.80 bits per heavy atom. The highest BCUT2D eigenvalue weighted by molar-refractivity contribution is 6.23. The van der Waals surface area contributed by atoms with Gasteiger partial charge >= 0.3 is 0 Å². The van der Waals surface area contributed by atoms with Gasteiger partial charge in [0, 0.05) is 21.8 Å². The van der Waals surface area contributed by atoms with E-state index in [1.54, 1.807) is 0 Å². The van der Waals surface area contributed by atoms with Crippen molar-refractivity contribution in [1.82, 2.24) is 0 Å². The summed E-state index contributed by atoms with van der Waals surface area (Å²) < 4.78 is 6.77. The van der Waals surface area contributed by atoms with Crippen LogP contribution in [0.3, 0.4) is 0 Å². The van der Waals surface area contributed by atoms with E-state index in [9.17, 15) is 0 Å². The summed E-state index contributed by atoms with van der Waals surface area (Å²) in [5.41, 5.74) is 7.53. The van der Waals surface area contributed by atoms with Gasteiger partial charge in [-0.2, -0.15) is 0 Å². The first-order valence-corrected chi connectivity index (χ1v) is 15.0. The summed E-state index contributed by atoms with van der Waals surface area (Å²) in [7, 11) is 0. The van der Waals surface area contributed by atoms with Gasteiger partial charge in [0.05, 0.1) is 16.8 Å². The van der Waals surface area contributed by atoms with Gasteiger partial charge in [-0.15, -0.1) is 0 Å². The highest BCUT2D eigenvalue weighted by atomic mass is 16.3. The Kier molecular flexibility index (Phi) is 5.54. The van der Waals surface area contributed by atoms with Gasteiger partial charge in [0.1, 0.15) is 11.2 Å². The number of hydrogen-bond acceptors (Lipinski definition) is 2. The molecule has 0 aliphatic rings. The third-order valence-electron chi connectivity index (χ3n) is 8.82. The number of hydrogen-bond donors (Lipinski definition) is 0. The highest BCUT2D eigenvalue weighted by Gasteiger charge is 2.22. The molecular formula is C42H27NO. The predicted molar refractivity (Wildman–Crippen MR) is 186 cm³/mol. The average molecular weight is 562 g/mol. The van der Waals surface area contributed by atoms with Crippen molar-refractivity contribution in [3.05, 3.63) is 164 Å². The molecule has 0 aliphatic carbocycles. The third-order valence-corrected chi connectivity index (χ3v) is 8.82. The molecule has 0 amide bonds. The van der Waals surface area contributed by atoms with Gasteiger partial charge in [-0.3, -0.25) is 0 Å². The summed E-state index contributed by atoms with van der Waals surface area (Å²) in [5, 5.41) is 9.40. The molecule has 0 atom stereocenters. The fourth-order valence-electron chi connectivity index (χ4n) is 6.89. The Morgan fingerprint density at radius 2 is 0.977 bits per heavy atom. The standard InChI is InChI=1S/C42H27NO/c1-2-17-30(18-3-1)43(38-24-11-16-29-14-5-7-20-32(29)38)39-25-12-26-40-41(39)37-27-36(34-21-8-9-22-35(34)42(37)44-40)33-23-10-15-28-13-4-6-19-31(28)33/h1-27H. The van der Waals surface area contributed by atoms with Gasteiger partial charge in [-0.1, -0.05) is 127 Å². The molecule has 0 saturated heterocycles. The van der Waals surface area contributed by atoms with Crippen molar-refractivity contribution in [2.75, 3.05) is 4.90 Å².